The molecule has 3 aromatic rings. The zero-order chi connectivity index (χ0) is 18.8. The van der Waals surface area contributed by atoms with Crippen LogP contribution in [-0.2, 0) is 11.3 Å². The lowest BCUT2D eigenvalue weighted by atomic mass is 10.1. The Kier molecular flexibility index (Phi) is 5.38. The maximum atomic E-state index is 13.7. The summed E-state index contributed by atoms with van der Waals surface area (Å²) in [6.07, 6.45) is -1.26. The SMILES string of the molecule is Cc1c(Br)c2ccccc2n1CC(=O)NCC(O)c1ccc(F)cc1F. The fourth-order valence-corrected chi connectivity index (χ4v) is 3.43. The number of nitrogens with zero attached hydrogens (tertiary/aromatic N) is 1. The van der Waals surface area contributed by atoms with Crippen molar-refractivity contribution in [3.05, 3.63) is 69.8 Å². The monoisotopic (exact) mass is 422 g/mol. The molecule has 1 aromatic heterocycles. The Morgan fingerprint density at radius 1 is 1.27 bits per heavy atom. The Balaban J connectivity index is 1.69. The maximum absolute atomic E-state index is 13.7. The van der Waals surface area contributed by atoms with Gasteiger partial charge < -0.3 is 15.0 Å². The van der Waals surface area contributed by atoms with Gasteiger partial charge in [0.25, 0.3) is 0 Å². The van der Waals surface area contributed by atoms with Crippen molar-refractivity contribution in [1.29, 1.82) is 0 Å². The highest BCUT2D eigenvalue weighted by Gasteiger charge is 2.17. The van der Waals surface area contributed by atoms with Crippen molar-refractivity contribution in [2.24, 2.45) is 0 Å². The zero-order valence-electron chi connectivity index (χ0n) is 14.0. The number of carbonyl (C=O) groups excluding carboxylic acids is 1. The first-order valence-corrected chi connectivity index (χ1v) is 8.81. The van der Waals surface area contributed by atoms with Crippen molar-refractivity contribution in [1.82, 2.24) is 9.88 Å². The first-order chi connectivity index (χ1) is 12.4. The number of hydrogen-bond donors (Lipinski definition) is 2. The van der Waals surface area contributed by atoms with Crippen molar-refractivity contribution in [2.75, 3.05) is 6.54 Å². The quantitative estimate of drug-likeness (QED) is 0.656. The fraction of sp³-hybridized carbons (Fsp3) is 0.211. The van der Waals surface area contributed by atoms with Crippen molar-refractivity contribution in [3.8, 4) is 0 Å². The Bertz CT molecular complexity index is 972. The van der Waals surface area contributed by atoms with Crippen molar-refractivity contribution < 1.29 is 18.7 Å². The van der Waals surface area contributed by atoms with Crippen LogP contribution in [0, 0.1) is 18.6 Å². The molecular weight excluding hydrogens is 406 g/mol. The highest BCUT2D eigenvalue weighted by Crippen LogP contribution is 2.30. The van der Waals surface area contributed by atoms with Crippen LogP contribution < -0.4 is 5.32 Å². The van der Waals surface area contributed by atoms with E-state index in [0.29, 0.717) is 6.07 Å². The minimum atomic E-state index is -1.26. The highest BCUT2D eigenvalue weighted by atomic mass is 79.9. The molecule has 136 valence electrons. The number of aliphatic hydroxyl groups is 1. The summed E-state index contributed by atoms with van der Waals surface area (Å²) in [5.74, 6) is -1.88. The Morgan fingerprint density at radius 2 is 2.00 bits per heavy atom. The summed E-state index contributed by atoms with van der Waals surface area (Å²) < 4.78 is 29.4. The lowest BCUT2D eigenvalue weighted by Crippen LogP contribution is -2.31. The molecule has 1 heterocycles. The average molecular weight is 423 g/mol. The molecule has 1 atom stereocenters. The third-order valence-corrected chi connectivity index (χ3v) is 5.27. The van der Waals surface area contributed by atoms with Crippen molar-refractivity contribution >= 4 is 32.7 Å². The van der Waals surface area contributed by atoms with Gasteiger partial charge in [0.15, 0.2) is 0 Å². The number of para-hydroxylation sites is 1. The van der Waals surface area contributed by atoms with Crippen LogP contribution in [0.3, 0.4) is 0 Å². The topological polar surface area (TPSA) is 54.3 Å². The van der Waals surface area contributed by atoms with E-state index in [1.807, 2.05) is 35.8 Å². The second-order valence-electron chi connectivity index (χ2n) is 5.99. The number of nitrogens with one attached hydrogen (secondary N) is 1. The molecule has 0 saturated heterocycles. The van der Waals surface area contributed by atoms with Gasteiger partial charge >= 0.3 is 0 Å². The number of carbonyl (C=O) groups is 1. The Hall–Kier alpha value is -2.25. The average Bonchev–Trinajstić information content (AvgIpc) is 2.85. The molecule has 0 saturated carbocycles. The van der Waals surface area contributed by atoms with E-state index in [4.69, 9.17) is 0 Å². The smallest absolute Gasteiger partial charge is 0.240 e. The number of benzene rings is 2. The molecule has 0 fully saturated rings. The van der Waals surface area contributed by atoms with Gasteiger partial charge in [-0.2, -0.15) is 0 Å². The number of rotatable bonds is 5. The molecule has 1 amide bonds. The molecular formula is C19H17BrF2N2O2. The first kappa shape index (κ1) is 18.5. The van der Waals surface area contributed by atoms with Gasteiger partial charge in [0.1, 0.15) is 18.2 Å². The highest BCUT2D eigenvalue weighted by molar-refractivity contribution is 9.10. The minimum Gasteiger partial charge on any atom is -0.386 e. The summed E-state index contributed by atoms with van der Waals surface area (Å²) >= 11 is 3.53. The number of amides is 1. The van der Waals surface area contributed by atoms with Gasteiger partial charge in [0, 0.05) is 39.2 Å². The van der Waals surface area contributed by atoms with E-state index in [9.17, 15) is 18.7 Å². The lowest BCUT2D eigenvalue weighted by Gasteiger charge is -2.14. The zero-order valence-corrected chi connectivity index (χ0v) is 15.6. The van der Waals surface area contributed by atoms with Crippen LogP contribution in [0.15, 0.2) is 46.9 Å². The molecule has 26 heavy (non-hydrogen) atoms. The Morgan fingerprint density at radius 3 is 2.73 bits per heavy atom. The predicted molar refractivity (Wildman–Crippen MR) is 98.7 cm³/mol. The molecule has 1 unspecified atom stereocenters. The van der Waals surface area contributed by atoms with E-state index in [2.05, 4.69) is 21.2 Å². The van der Waals surface area contributed by atoms with Gasteiger partial charge in [0.05, 0.1) is 6.10 Å². The number of hydrogen-bond acceptors (Lipinski definition) is 2. The standard InChI is InChI=1S/C19H17BrF2N2O2/c1-11-19(20)14-4-2-3-5-16(14)24(11)10-18(26)23-9-17(25)13-7-6-12(21)8-15(13)22/h2-8,17,25H,9-10H2,1H3,(H,23,26). The summed E-state index contributed by atoms with van der Waals surface area (Å²) in [6, 6.07) is 10.6. The molecule has 0 spiro atoms. The normalized spacial score (nSPS) is 12.3. The molecule has 4 nitrogen and oxygen atoms in total. The number of aromatic nitrogens is 1. The van der Waals surface area contributed by atoms with Crippen LogP contribution in [0.1, 0.15) is 17.4 Å². The Labute approximate surface area is 157 Å². The van der Waals surface area contributed by atoms with Crippen molar-refractivity contribution in [2.45, 2.75) is 19.6 Å². The molecule has 2 N–H and O–H groups in total. The van der Waals surface area contributed by atoms with Gasteiger partial charge in [-0.05, 0) is 35.0 Å². The lowest BCUT2D eigenvalue weighted by molar-refractivity contribution is -0.122. The molecule has 2 aromatic carbocycles. The summed E-state index contributed by atoms with van der Waals surface area (Å²) in [5, 5.41) is 13.6. The third kappa shape index (κ3) is 3.64. The van der Waals surface area contributed by atoms with E-state index in [1.54, 1.807) is 0 Å². The summed E-state index contributed by atoms with van der Waals surface area (Å²) in [6.45, 7) is 1.80. The molecule has 0 radical (unpaired) electrons. The molecule has 0 bridgehead atoms. The van der Waals surface area contributed by atoms with Crippen molar-refractivity contribution in [3.63, 3.8) is 0 Å². The van der Waals surface area contributed by atoms with E-state index in [-0.39, 0.29) is 24.6 Å². The van der Waals surface area contributed by atoms with Crippen LogP contribution >= 0.6 is 15.9 Å². The number of fused-ring (bicyclic) bond motifs is 1. The largest absolute Gasteiger partial charge is 0.386 e. The molecule has 0 aliphatic heterocycles. The molecule has 3 rings (SSSR count). The van der Waals surface area contributed by atoms with Gasteiger partial charge in [0.2, 0.25) is 5.91 Å². The van der Waals surface area contributed by atoms with Crippen LogP contribution in [0.5, 0.6) is 0 Å². The van der Waals surface area contributed by atoms with Gasteiger partial charge in [-0.1, -0.05) is 24.3 Å². The maximum Gasteiger partial charge on any atom is 0.240 e. The van der Waals surface area contributed by atoms with Crippen LogP contribution in [0.4, 0.5) is 8.78 Å². The fourth-order valence-electron chi connectivity index (χ4n) is 2.88. The predicted octanol–water partition coefficient (Wildman–Crippen LogP) is 3.84. The van der Waals surface area contributed by atoms with Gasteiger partial charge in [-0.25, -0.2) is 8.78 Å². The number of halogens is 3. The third-order valence-electron chi connectivity index (χ3n) is 4.27. The molecule has 0 aliphatic carbocycles. The van der Waals surface area contributed by atoms with E-state index < -0.39 is 17.7 Å². The summed E-state index contributed by atoms with van der Waals surface area (Å²) in [7, 11) is 0. The van der Waals surface area contributed by atoms with Gasteiger partial charge in [-0.15, -0.1) is 0 Å². The van der Waals surface area contributed by atoms with E-state index >= 15 is 0 Å². The molecule has 0 aliphatic rings. The van der Waals surface area contributed by atoms with E-state index in [0.717, 1.165) is 27.1 Å². The van der Waals surface area contributed by atoms with Crippen LogP contribution in [0.2, 0.25) is 0 Å². The minimum absolute atomic E-state index is 0.0583. The summed E-state index contributed by atoms with van der Waals surface area (Å²) in [4.78, 5) is 12.3. The molecule has 7 heteroatoms. The summed E-state index contributed by atoms with van der Waals surface area (Å²) in [5.41, 5.74) is 1.76. The number of aliphatic hydroxyl groups excluding tert-OH is 1. The first-order valence-electron chi connectivity index (χ1n) is 8.01. The van der Waals surface area contributed by atoms with Crippen LogP contribution in [-0.4, -0.2) is 22.1 Å². The van der Waals surface area contributed by atoms with Crippen LogP contribution in [0.25, 0.3) is 10.9 Å². The van der Waals surface area contributed by atoms with Gasteiger partial charge in [-0.3, -0.25) is 4.79 Å². The van der Waals surface area contributed by atoms with E-state index in [1.165, 1.54) is 6.07 Å². The second kappa shape index (κ2) is 7.55. The second-order valence-corrected chi connectivity index (χ2v) is 6.78.